The van der Waals surface area contributed by atoms with E-state index in [1.54, 1.807) is 0 Å². The number of rotatable bonds is 3. The van der Waals surface area contributed by atoms with Crippen molar-refractivity contribution in [2.75, 3.05) is 7.11 Å². The smallest absolute Gasteiger partial charge is 0.112 e. The molecule has 2 aliphatic carbocycles. The molecule has 0 aromatic rings. The van der Waals surface area contributed by atoms with E-state index in [0.29, 0.717) is 17.1 Å². The molecule has 4 atom stereocenters. The molecule has 2 fully saturated rings. The number of hydrogen-bond acceptors (Lipinski definition) is 5. The molecule has 4 unspecified atom stereocenters. The molecule has 0 spiro atoms. The van der Waals surface area contributed by atoms with E-state index in [4.69, 9.17) is 0 Å². The minimum absolute atomic E-state index is 0.310. The third-order valence-electron chi connectivity index (χ3n) is 3.37. The van der Waals surface area contributed by atoms with Crippen molar-refractivity contribution in [1.29, 1.82) is 0 Å². The summed E-state index contributed by atoms with van der Waals surface area (Å²) < 4.78 is 0. The first-order valence-electron chi connectivity index (χ1n) is 4.61. The van der Waals surface area contributed by atoms with Crippen LogP contribution in [0, 0.1) is 22.0 Å². The van der Waals surface area contributed by atoms with E-state index in [1.165, 1.54) is 7.11 Å². The molecule has 2 bridgehead atoms. The molecule has 5 nitrogen and oxygen atoms in total. The maximum absolute atomic E-state index is 11.3. The van der Waals surface area contributed by atoms with Gasteiger partial charge in [0.15, 0.2) is 0 Å². The maximum atomic E-state index is 11.3. The molecular weight excluding hydrogens is 172 g/mol. The van der Waals surface area contributed by atoms with Crippen molar-refractivity contribution in [1.82, 2.24) is 5.23 Å². The topological polar surface area (TPSA) is 65.0 Å². The monoisotopic (exact) mass is 185 g/mol. The van der Waals surface area contributed by atoms with Gasteiger partial charge in [-0.05, 0) is 31.1 Å². The van der Waals surface area contributed by atoms with Crippen LogP contribution >= 0.6 is 0 Å². The van der Waals surface area contributed by atoms with Gasteiger partial charge in [-0.2, -0.15) is 4.91 Å². The van der Waals surface area contributed by atoms with Gasteiger partial charge in [0.1, 0.15) is 6.04 Å². The number of hydroxylamine groups is 2. The van der Waals surface area contributed by atoms with Crippen LogP contribution in [-0.2, 0) is 4.84 Å². The minimum atomic E-state index is -0.351. The first-order chi connectivity index (χ1) is 6.27. The highest BCUT2D eigenvalue weighted by Gasteiger charge is 2.49. The lowest BCUT2D eigenvalue weighted by Gasteiger charge is -2.38. The zero-order chi connectivity index (χ0) is 9.42. The zero-order valence-corrected chi connectivity index (χ0v) is 7.55. The van der Waals surface area contributed by atoms with Gasteiger partial charge in [0.25, 0.3) is 0 Å². The van der Waals surface area contributed by atoms with Gasteiger partial charge in [-0.3, -0.25) is 5.23 Å². The third-order valence-corrected chi connectivity index (χ3v) is 3.37. The molecule has 0 aromatic heterocycles. The fraction of sp³-hybridized carbons (Fsp3) is 1.00. The molecule has 0 aromatic carbocycles. The quantitative estimate of drug-likeness (QED) is 0.490. The highest BCUT2D eigenvalue weighted by molar-refractivity contribution is 5.04. The van der Waals surface area contributed by atoms with Crippen LogP contribution < -0.4 is 0 Å². The Bertz CT molecular complexity index is 212. The summed E-state index contributed by atoms with van der Waals surface area (Å²) in [7, 11) is 1.33. The average Bonchev–Trinajstić information content (AvgIpc) is 2.74. The first kappa shape index (κ1) is 9.05. The van der Waals surface area contributed by atoms with E-state index in [9.17, 15) is 10.1 Å². The fourth-order valence-corrected chi connectivity index (χ4v) is 2.80. The molecule has 0 saturated heterocycles. The Morgan fingerprint density at radius 3 is 2.77 bits per heavy atom. The normalized spacial score (nSPS) is 43.0. The number of hydrogen-bond donors (Lipinski definition) is 0. The number of nitroso groups, excluding NO2 is 1. The van der Waals surface area contributed by atoms with Crippen LogP contribution in [0.1, 0.15) is 19.3 Å². The molecule has 5 heteroatoms. The summed E-state index contributed by atoms with van der Waals surface area (Å²) in [4.78, 5) is 15.2. The molecule has 0 N–H and O–H groups in total. The predicted molar refractivity (Wildman–Crippen MR) is 46.4 cm³/mol. The summed E-state index contributed by atoms with van der Waals surface area (Å²) >= 11 is 0. The molecule has 13 heavy (non-hydrogen) atoms. The molecule has 2 saturated carbocycles. The van der Waals surface area contributed by atoms with Gasteiger partial charge in [-0.25, -0.2) is 0 Å². The van der Waals surface area contributed by atoms with Gasteiger partial charge in [0, 0.05) is 0 Å². The number of fused-ring (bicyclic) bond motifs is 2. The van der Waals surface area contributed by atoms with E-state index in [-0.39, 0.29) is 12.1 Å². The predicted octanol–water partition coefficient (Wildman–Crippen LogP) is 1.28. The SMILES string of the molecule is CON([O-])C1C2CCC(C2)C1N=O. The van der Waals surface area contributed by atoms with Crippen LogP contribution in [0.15, 0.2) is 5.18 Å². The molecule has 0 radical (unpaired) electrons. The van der Waals surface area contributed by atoms with E-state index in [0.717, 1.165) is 19.3 Å². The second kappa shape index (κ2) is 3.32. The van der Waals surface area contributed by atoms with Crippen molar-refractivity contribution in [2.45, 2.75) is 31.3 Å². The highest BCUT2D eigenvalue weighted by Crippen LogP contribution is 2.47. The summed E-state index contributed by atoms with van der Waals surface area (Å²) in [5, 5.41) is 14.9. The Hall–Kier alpha value is -0.520. The molecular formula is C8H13N2O3-. The Labute approximate surface area is 76.6 Å². The van der Waals surface area contributed by atoms with Crippen LogP contribution in [0.3, 0.4) is 0 Å². The molecule has 2 rings (SSSR count). The Kier molecular flexibility index (Phi) is 2.31. The summed E-state index contributed by atoms with van der Waals surface area (Å²) in [5.41, 5.74) is 0. The zero-order valence-electron chi connectivity index (χ0n) is 7.55. The lowest BCUT2D eigenvalue weighted by molar-refractivity contribution is -0.136. The molecule has 0 heterocycles. The van der Waals surface area contributed by atoms with Gasteiger partial charge >= 0.3 is 0 Å². The summed E-state index contributed by atoms with van der Waals surface area (Å²) in [6.45, 7) is 0. The highest BCUT2D eigenvalue weighted by atomic mass is 16.9. The lowest BCUT2D eigenvalue weighted by atomic mass is 9.91. The fourth-order valence-electron chi connectivity index (χ4n) is 2.80. The average molecular weight is 185 g/mol. The summed E-state index contributed by atoms with van der Waals surface area (Å²) in [6, 6.07) is -0.683. The van der Waals surface area contributed by atoms with Crippen LogP contribution in [0.2, 0.25) is 0 Å². The molecule has 2 aliphatic rings. The minimum Gasteiger partial charge on any atom is -0.762 e. The van der Waals surface area contributed by atoms with Crippen molar-refractivity contribution in [2.24, 2.45) is 17.0 Å². The van der Waals surface area contributed by atoms with E-state index < -0.39 is 0 Å². The van der Waals surface area contributed by atoms with Gasteiger partial charge in [-0.15, -0.1) is 0 Å². The second-order valence-corrected chi connectivity index (χ2v) is 3.89. The standard InChI is InChI=1S/C8H13N2O3/c1-13-10(12)8-6-3-2-5(4-6)7(8)9-11/h5-8H,2-4H2,1H3/q-1. The lowest BCUT2D eigenvalue weighted by Crippen LogP contribution is -2.42. The molecule has 0 aliphatic heterocycles. The van der Waals surface area contributed by atoms with E-state index >= 15 is 0 Å². The first-order valence-corrected chi connectivity index (χ1v) is 4.61. The molecule has 74 valence electrons. The van der Waals surface area contributed by atoms with Gasteiger partial charge < -0.3 is 10.0 Å². The van der Waals surface area contributed by atoms with Crippen LogP contribution in [-0.4, -0.2) is 24.4 Å². The maximum Gasteiger partial charge on any atom is 0.112 e. The van der Waals surface area contributed by atoms with Crippen molar-refractivity contribution >= 4 is 0 Å². The summed E-state index contributed by atoms with van der Waals surface area (Å²) in [6.07, 6.45) is 3.03. The Morgan fingerprint density at radius 1 is 1.46 bits per heavy atom. The van der Waals surface area contributed by atoms with Crippen molar-refractivity contribution in [3.8, 4) is 0 Å². The Morgan fingerprint density at radius 2 is 2.15 bits per heavy atom. The van der Waals surface area contributed by atoms with Crippen molar-refractivity contribution in [3.05, 3.63) is 10.1 Å². The second-order valence-electron chi connectivity index (χ2n) is 3.89. The van der Waals surface area contributed by atoms with Crippen molar-refractivity contribution < 1.29 is 4.84 Å². The van der Waals surface area contributed by atoms with Gasteiger partial charge in [0.05, 0.1) is 13.2 Å². The van der Waals surface area contributed by atoms with Gasteiger partial charge in [-0.1, -0.05) is 5.18 Å². The van der Waals surface area contributed by atoms with Crippen LogP contribution in [0.4, 0.5) is 0 Å². The molecule has 0 amide bonds. The van der Waals surface area contributed by atoms with E-state index in [2.05, 4.69) is 10.0 Å². The van der Waals surface area contributed by atoms with Crippen LogP contribution in [0.5, 0.6) is 0 Å². The largest absolute Gasteiger partial charge is 0.762 e. The summed E-state index contributed by atoms with van der Waals surface area (Å²) in [5.74, 6) is 0.629. The van der Waals surface area contributed by atoms with E-state index in [1.807, 2.05) is 0 Å². The van der Waals surface area contributed by atoms with Crippen molar-refractivity contribution in [3.63, 3.8) is 0 Å². The number of nitrogens with zero attached hydrogens (tertiary/aromatic N) is 2. The third kappa shape index (κ3) is 1.27. The van der Waals surface area contributed by atoms with Crippen LogP contribution in [0.25, 0.3) is 0 Å². The Balaban J connectivity index is 2.12. The van der Waals surface area contributed by atoms with Gasteiger partial charge in [0.2, 0.25) is 0 Å².